The van der Waals surface area contributed by atoms with Crippen LogP contribution in [0.2, 0.25) is 0 Å². The first kappa shape index (κ1) is 14.8. The molecule has 6 nitrogen and oxygen atoms in total. The quantitative estimate of drug-likeness (QED) is 0.784. The monoisotopic (exact) mass is 322 g/mol. The molecule has 2 aromatic heterocycles. The topological polar surface area (TPSA) is 68.5 Å². The van der Waals surface area contributed by atoms with Crippen LogP contribution >= 0.6 is 0 Å². The molecule has 4 rings (SSSR count). The summed E-state index contributed by atoms with van der Waals surface area (Å²) in [6.45, 7) is 0.590. The first-order valence-electron chi connectivity index (χ1n) is 7.99. The Bertz CT molecular complexity index is 882. The van der Waals surface area contributed by atoms with Crippen molar-refractivity contribution in [2.24, 2.45) is 5.92 Å². The number of carbonyl (C=O) groups excluding carboxylic acids is 1. The van der Waals surface area contributed by atoms with Gasteiger partial charge in [-0.25, -0.2) is 4.52 Å². The molecule has 122 valence electrons. The van der Waals surface area contributed by atoms with E-state index in [-0.39, 0.29) is 11.8 Å². The maximum atomic E-state index is 11.9. The summed E-state index contributed by atoms with van der Waals surface area (Å²) in [6, 6.07) is 12.1. The van der Waals surface area contributed by atoms with Crippen molar-refractivity contribution in [1.29, 1.82) is 0 Å². The van der Waals surface area contributed by atoms with E-state index < -0.39 is 0 Å². The van der Waals surface area contributed by atoms with E-state index in [9.17, 15) is 4.79 Å². The Balaban J connectivity index is 1.67. The van der Waals surface area contributed by atoms with Crippen LogP contribution < -0.4 is 5.32 Å². The second-order valence-electron chi connectivity index (χ2n) is 6.02. The van der Waals surface area contributed by atoms with E-state index in [0.717, 1.165) is 35.2 Å². The number of aromatic nitrogens is 3. The number of methoxy groups -OCH3 is 1. The number of nitrogens with one attached hydrogen (secondary N) is 1. The summed E-state index contributed by atoms with van der Waals surface area (Å²) >= 11 is 0. The lowest BCUT2D eigenvalue weighted by Crippen LogP contribution is -2.14. The van der Waals surface area contributed by atoms with Crippen LogP contribution in [0.15, 0.2) is 42.6 Å². The number of pyridine rings is 1. The molecule has 1 fully saturated rings. The molecule has 0 unspecified atom stereocenters. The van der Waals surface area contributed by atoms with Crippen LogP contribution in [0, 0.1) is 5.92 Å². The number of benzene rings is 1. The van der Waals surface area contributed by atoms with Crippen LogP contribution in [0.4, 0.5) is 5.95 Å². The Kier molecular flexibility index (Phi) is 3.74. The van der Waals surface area contributed by atoms with Gasteiger partial charge < -0.3 is 4.74 Å². The van der Waals surface area contributed by atoms with E-state index in [1.54, 1.807) is 11.6 Å². The fourth-order valence-corrected chi connectivity index (χ4v) is 2.69. The van der Waals surface area contributed by atoms with Crippen LogP contribution in [-0.2, 0) is 16.1 Å². The highest BCUT2D eigenvalue weighted by atomic mass is 16.5. The van der Waals surface area contributed by atoms with Gasteiger partial charge in [0.2, 0.25) is 11.9 Å². The van der Waals surface area contributed by atoms with Gasteiger partial charge in [-0.2, -0.15) is 4.98 Å². The number of rotatable bonds is 5. The Labute approximate surface area is 139 Å². The SMILES string of the molecule is COCc1ccc(-c2cccn3nc(NC(=O)C4CC4)nc23)cc1. The Hall–Kier alpha value is -2.73. The highest BCUT2D eigenvalue weighted by Crippen LogP contribution is 2.30. The van der Waals surface area contributed by atoms with Gasteiger partial charge in [0.15, 0.2) is 5.65 Å². The molecule has 2 heterocycles. The van der Waals surface area contributed by atoms with Crippen LogP contribution in [0.3, 0.4) is 0 Å². The van der Waals surface area contributed by atoms with Gasteiger partial charge in [-0.1, -0.05) is 24.3 Å². The number of hydrogen-bond acceptors (Lipinski definition) is 4. The van der Waals surface area contributed by atoms with Gasteiger partial charge in [-0.15, -0.1) is 5.10 Å². The van der Waals surface area contributed by atoms with E-state index in [2.05, 4.69) is 15.4 Å². The summed E-state index contributed by atoms with van der Waals surface area (Å²) in [4.78, 5) is 16.4. The predicted molar refractivity (Wildman–Crippen MR) is 90.5 cm³/mol. The van der Waals surface area contributed by atoms with E-state index in [1.165, 1.54) is 0 Å². The zero-order valence-corrected chi connectivity index (χ0v) is 13.4. The van der Waals surface area contributed by atoms with Gasteiger partial charge in [0.1, 0.15) is 0 Å². The molecule has 0 bridgehead atoms. The molecule has 1 saturated carbocycles. The summed E-state index contributed by atoms with van der Waals surface area (Å²) in [5.74, 6) is 0.496. The fraction of sp³-hybridized carbons (Fsp3) is 0.278. The second-order valence-corrected chi connectivity index (χ2v) is 6.02. The smallest absolute Gasteiger partial charge is 0.249 e. The number of fused-ring (bicyclic) bond motifs is 1. The minimum Gasteiger partial charge on any atom is -0.380 e. The molecule has 1 aliphatic rings. The van der Waals surface area contributed by atoms with Gasteiger partial charge in [0.05, 0.1) is 6.61 Å². The maximum absolute atomic E-state index is 11.9. The Morgan fingerprint density at radius 3 is 2.79 bits per heavy atom. The molecule has 0 saturated heterocycles. The lowest BCUT2D eigenvalue weighted by molar-refractivity contribution is -0.117. The fourth-order valence-electron chi connectivity index (χ4n) is 2.69. The number of carbonyl (C=O) groups is 1. The van der Waals surface area contributed by atoms with Crippen molar-refractivity contribution in [3.63, 3.8) is 0 Å². The van der Waals surface area contributed by atoms with Crippen molar-refractivity contribution in [2.75, 3.05) is 12.4 Å². The number of nitrogens with zero attached hydrogens (tertiary/aromatic N) is 3. The lowest BCUT2D eigenvalue weighted by atomic mass is 10.1. The van der Waals surface area contributed by atoms with E-state index >= 15 is 0 Å². The molecule has 1 N–H and O–H groups in total. The average molecular weight is 322 g/mol. The largest absolute Gasteiger partial charge is 0.380 e. The highest BCUT2D eigenvalue weighted by molar-refractivity contribution is 5.93. The van der Waals surface area contributed by atoms with Crippen molar-refractivity contribution in [2.45, 2.75) is 19.4 Å². The Morgan fingerprint density at radius 2 is 2.08 bits per heavy atom. The summed E-state index contributed by atoms with van der Waals surface area (Å²) in [5.41, 5.74) is 3.86. The van der Waals surface area contributed by atoms with Crippen LogP contribution in [0.25, 0.3) is 16.8 Å². The number of ether oxygens (including phenoxy) is 1. The molecule has 24 heavy (non-hydrogen) atoms. The number of hydrogen-bond donors (Lipinski definition) is 1. The van der Waals surface area contributed by atoms with Crippen molar-refractivity contribution >= 4 is 17.5 Å². The molecule has 1 amide bonds. The zero-order valence-electron chi connectivity index (χ0n) is 13.4. The predicted octanol–water partition coefficient (Wildman–Crippen LogP) is 2.89. The normalized spacial score (nSPS) is 14.0. The van der Waals surface area contributed by atoms with E-state index in [4.69, 9.17) is 4.74 Å². The Morgan fingerprint density at radius 1 is 1.29 bits per heavy atom. The maximum Gasteiger partial charge on any atom is 0.249 e. The zero-order chi connectivity index (χ0) is 16.5. The van der Waals surface area contributed by atoms with Crippen LogP contribution in [0.5, 0.6) is 0 Å². The molecule has 0 atom stereocenters. The first-order chi connectivity index (χ1) is 11.7. The van der Waals surface area contributed by atoms with E-state index in [1.807, 2.05) is 42.6 Å². The summed E-state index contributed by atoms with van der Waals surface area (Å²) in [7, 11) is 1.68. The summed E-state index contributed by atoms with van der Waals surface area (Å²) in [6.07, 6.45) is 3.74. The highest BCUT2D eigenvalue weighted by Gasteiger charge is 2.30. The van der Waals surface area contributed by atoms with Crippen LogP contribution in [-0.4, -0.2) is 27.6 Å². The molecule has 0 spiro atoms. The molecule has 6 heteroatoms. The second kappa shape index (κ2) is 6.05. The van der Waals surface area contributed by atoms with Gasteiger partial charge in [0, 0.05) is 24.8 Å². The standard InChI is InChI=1S/C18H18N4O2/c1-24-11-12-4-6-13(7-5-12)15-3-2-10-22-16(15)19-18(21-22)20-17(23)14-8-9-14/h2-7,10,14H,8-9,11H2,1H3,(H,20,21,23). The molecule has 1 aliphatic carbocycles. The van der Waals surface area contributed by atoms with Crippen molar-refractivity contribution < 1.29 is 9.53 Å². The van der Waals surface area contributed by atoms with Crippen molar-refractivity contribution in [3.8, 4) is 11.1 Å². The van der Waals surface area contributed by atoms with E-state index in [0.29, 0.717) is 12.6 Å². The summed E-state index contributed by atoms with van der Waals surface area (Å²) < 4.78 is 6.84. The molecule has 0 radical (unpaired) electrons. The minimum atomic E-state index is 0.0105. The molecular formula is C18H18N4O2. The molecule has 1 aromatic carbocycles. The minimum absolute atomic E-state index is 0.0105. The molecule has 0 aliphatic heterocycles. The summed E-state index contributed by atoms with van der Waals surface area (Å²) in [5, 5.41) is 7.15. The number of anilines is 1. The average Bonchev–Trinajstić information content (AvgIpc) is 3.36. The third kappa shape index (κ3) is 2.88. The van der Waals surface area contributed by atoms with Gasteiger partial charge in [0.25, 0.3) is 0 Å². The van der Waals surface area contributed by atoms with Gasteiger partial charge in [-0.05, 0) is 36.1 Å². The van der Waals surface area contributed by atoms with Crippen LogP contribution in [0.1, 0.15) is 18.4 Å². The van der Waals surface area contributed by atoms with Gasteiger partial charge >= 0.3 is 0 Å². The molecular weight excluding hydrogens is 304 g/mol. The third-order valence-corrected chi connectivity index (χ3v) is 4.12. The number of amides is 1. The lowest BCUT2D eigenvalue weighted by Gasteiger charge is -2.04. The van der Waals surface area contributed by atoms with Crippen molar-refractivity contribution in [1.82, 2.24) is 14.6 Å². The van der Waals surface area contributed by atoms with Gasteiger partial charge in [-0.3, -0.25) is 10.1 Å². The first-order valence-corrected chi connectivity index (χ1v) is 7.99. The van der Waals surface area contributed by atoms with Crippen molar-refractivity contribution in [3.05, 3.63) is 48.2 Å². The molecule has 3 aromatic rings. The third-order valence-electron chi connectivity index (χ3n) is 4.12.